The predicted octanol–water partition coefficient (Wildman–Crippen LogP) is 5.20. The molecule has 0 amide bonds. The molecule has 0 bridgehead atoms. The first kappa shape index (κ1) is 16.9. The van der Waals surface area contributed by atoms with Gasteiger partial charge in [-0.1, -0.05) is 48.9 Å². The molecule has 0 aromatic heterocycles. The Bertz CT molecular complexity index is 593. The molecule has 0 radical (unpaired) electrons. The van der Waals surface area contributed by atoms with Crippen LogP contribution in [-0.2, 0) is 13.2 Å². The first-order valence-corrected chi connectivity index (χ1v) is 8.08. The topological polar surface area (TPSA) is 21.3 Å². The highest BCUT2D eigenvalue weighted by atomic mass is 35.5. The Morgan fingerprint density at radius 2 is 1.73 bits per heavy atom. The van der Waals surface area contributed by atoms with E-state index in [4.69, 9.17) is 16.3 Å². The number of hydrogen-bond donors (Lipinski definition) is 1. The van der Waals surface area contributed by atoms with Gasteiger partial charge in [-0.25, -0.2) is 0 Å². The van der Waals surface area contributed by atoms with Crippen molar-refractivity contribution >= 4 is 11.6 Å². The van der Waals surface area contributed by atoms with Crippen LogP contribution in [0.2, 0.25) is 5.02 Å². The van der Waals surface area contributed by atoms with Gasteiger partial charge in [-0.2, -0.15) is 0 Å². The van der Waals surface area contributed by atoms with Gasteiger partial charge in [0.15, 0.2) is 0 Å². The van der Waals surface area contributed by atoms with Gasteiger partial charge >= 0.3 is 0 Å². The molecule has 2 rings (SSSR count). The van der Waals surface area contributed by atoms with Crippen molar-refractivity contribution in [1.82, 2.24) is 5.32 Å². The standard InChI is InChI=1S/C19H24ClNO/c1-4-19(2,3)21-13-16-7-5-6-8-18(16)22-14-15-9-11-17(20)12-10-15/h5-12,21H,4,13-14H2,1-3H3. The fourth-order valence-electron chi connectivity index (χ4n) is 1.99. The average molecular weight is 318 g/mol. The van der Waals surface area contributed by atoms with Crippen molar-refractivity contribution in [2.24, 2.45) is 0 Å². The minimum Gasteiger partial charge on any atom is -0.489 e. The maximum absolute atomic E-state index is 5.98. The van der Waals surface area contributed by atoms with Crippen molar-refractivity contribution < 1.29 is 4.74 Å². The van der Waals surface area contributed by atoms with Crippen molar-refractivity contribution in [1.29, 1.82) is 0 Å². The van der Waals surface area contributed by atoms with Crippen molar-refractivity contribution in [2.45, 2.75) is 45.9 Å². The normalized spacial score (nSPS) is 11.5. The van der Waals surface area contributed by atoms with Crippen LogP contribution in [0, 0.1) is 0 Å². The molecule has 3 heteroatoms. The Morgan fingerprint density at radius 1 is 1.05 bits per heavy atom. The van der Waals surface area contributed by atoms with Crippen LogP contribution in [0.4, 0.5) is 0 Å². The smallest absolute Gasteiger partial charge is 0.124 e. The fraction of sp³-hybridized carbons (Fsp3) is 0.368. The van der Waals surface area contributed by atoms with Gasteiger partial charge in [0.25, 0.3) is 0 Å². The zero-order valence-corrected chi connectivity index (χ0v) is 14.3. The van der Waals surface area contributed by atoms with Crippen LogP contribution in [0.25, 0.3) is 0 Å². The van der Waals surface area contributed by atoms with Gasteiger partial charge < -0.3 is 10.1 Å². The summed E-state index contributed by atoms with van der Waals surface area (Å²) in [6, 6.07) is 15.9. The minimum absolute atomic E-state index is 0.128. The second-order valence-corrected chi connectivity index (χ2v) is 6.55. The van der Waals surface area contributed by atoms with E-state index in [2.05, 4.69) is 32.2 Å². The lowest BCUT2D eigenvalue weighted by Gasteiger charge is -2.25. The molecule has 118 valence electrons. The van der Waals surface area contributed by atoms with Gasteiger partial charge in [0.1, 0.15) is 12.4 Å². The molecule has 2 aromatic rings. The number of para-hydroxylation sites is 1. The number of halogens is 1. The van der Waals surface area contributed by atoms with Gasteiger partial charge in [0.05, 0.1) is 0 Å². The van der Waals surface area contributed by atoms with Crippen molar-refractivity contribution in [3.05, 3.63) is 64.7 Å². The SMILES string of the molecule is CCC(C)(C)NCc1ccccc1OCc1ccc(Cl)cc1. The number of rotatable bonds is 7. The highest BCUT2D eigenvalue weighted by Gasteiger charge is 2.14. The van der Waals surface area contributed by atoms with Crippen LogP contribution in [0.5, 0.6) is 5.75 Å². The van der Waals surface area contributed by atoms with E-state index >= 15 is 0 Å². The molecule has 0 aliphatic rings. The molecule has 0 fully saturated rings. The van der Waals surface area contributed by atoms with E-state index in [0.29, 0.717) is 6.61 Å². The molecule has 0 aliphatic carbocycles. The Morgan fingerprint density at radius 3 is 2.41 bits per heavy atom. The molecule has 2 nitrogen and oxygen atoms in total. The highest BCUT2D eigenvalue weighted by Crippen LogP contribution is 2.21. The minimum atomic E-state index is 0.128. The zero-order chi connectivity index (χ0) is 16.0. The van der Waals surface area contributed by atoms with E-state index in [1.807, 2.05) is 42.5 Å². The van der Waals surface area contributed by atoms with E-state index in [0.717, 1.165) is 29.3 Å². The lowest BCUT2D eigenvalue weighted by Crippen LogP contribution is -2.37. The number of benzene rings is 2. The zero-order valence-electron chi connectivity index (χ0n) is 13.5. The molecule has 0 saturated heterocycles. The third-order valence-electron chi connectivity index (χ3n) is 3.92. The summed E-state index contributed by atoms with van der Waals surface area (Å²) in [5.74, 6) is 0.928. The van der Waals surface area contributed by atoms with E-state index in [1.54, 1.807) is 0 Å². The van der Waals surface area contributed by atoms with Gasteiger partial charge in [0, 0.05) is 22.7 Å². The predicted molar refractivity (Wildman–Crippen MR) is 93.4 cm³/mol. The van der Waals surface area contributed by atoms with E-state index in [9.17, 15) is 0 Å². The lowest BCUT2D eigenvalue weighted by atomic mass is 10.0. The van der Waals surface area contributed by atoms with Crippen LogP contribution in [0.15, 0.2) is 48.5 Å². The molecule has 0 unspecified atom stereocenters. The number of ether oxygens (including phenoxy) is 1. The van der Waals surface area contributed by atoms with Crippen molar-refractivity contribution in [3.8, 4) is 5.75 Å². The summed E-state index contributed by atoms with van der Waals surface area (Å²) in [6.07, 6.45) is 1.08. The third kappa shape index (κ3) is 5.04. The summed E-state index contributed by atoms with van der Waals surface area (Å²) >= 11 is 5.90. The highest BCUT2D eigenvalue weighted by molar-refractivity contribution is 6.30. The first-order chi connectivity index (χ1) is 10.5. The largest absolute Gasteiger partial charge is 0.489 e. The molecule has 0 aliphatic heterocycles. The van der Waals surface area contributed by atoms with E-state index in [1.165, 1.54) is 5.56 Å². The Balaban J connectivity index is 2.00. The van der Waals surface area contributed by atoms with Crippen LogP contribution >= 0.6 is 11.6 Å². The molecule has 0 saturated carbocycles. The van der Waals surface area contributed by atoms with Crippen LogP contribution in [0.3, 0.4) is 0 Å². The van der Waals surface area contributed by atoms with E-state index in [-0.39, 0.29) is 5.54 Å². The average Bonchev–Trinajstić information content (AvgIpc) is 2.53. The van der Waals surface area contributed by atoms with Gasteiger partial charge in [-0.3, -0.25) is 0 Å². The fourth-order valence-corrected chi connectivity index (χ4v) is 2.12. The van der Waals surface area contributed by atoms with Crippen LogP contribution in [-0.4, -0.2) is 5.54 Å². The quantitative estimate of drug-likeness (QED) is 0.758. The number of hydrogen-bond acceptors (Lipinski definition) is 2. The summed E-state index contributed by atoms with van der Waals surface area (Å²) in [7, 11) is 0. The lowest BCUT2D eigenvalue weighted by molar-refractivity contribution is 0.298. The molecule has 0 heterocycles. The van der Waals surface area contributed by atoms with Crippen molar-refractivity contribution in [2.75, 3.05) is 0 Å². The molecule has 22 heavy (non-hydrogen) atoms. The maximum atomic E-state index is 5.98. The summed E-state index contributed by atoms with van der Waals surface area (Å²) in [6.45, 7) is 7.97. The second kappa shape index (κ2) is 7.66. The summed E-state index contributed by atoms with van der Waals surface area (Å²) in [4.78, 5) is 0. The summed E-state index contributed by atoms with van der Waals surface area (Å²) in [5.41, 5.74) is 2.42. The summed E-state index contributed by atoms with van der Waals surface area (Å²) in [5, 5.41) is 4.32. The maximum Gasteiger partial charge on any atom is 0.124 e. The van der Waals surface area contributed by atoms with Crippen LogP contribution < -0.4 is 10.1 Å². The second-order valence-electron chi connectivity index (χ2n) is 6.11. The first-order valence-electron chi connectivity index (χ1n) is 7.70. The monoisotopic (exact) mass is 317 g/mol. The summed E-state index contributed by atoms with van der Waals surface area (Å²) < 4.78 is 5.98. The number of nitrogens with one attached hydrogen (secondary N) is 1. The molecule has 2 aromatic carbocycles. The van der Waals surface area contributed by atoms with E-state index < -0.39 is 0 Å². The Kier molecular flexibility index (Phi) is 5.87. The molecule has 0 spiro atoms. The van der Waals surface area contributed by atoms with Gasteiger partial charge in [-0.05, 0) is 44.0 Å². The van der Waals surface area contributed by atoms with Gasteiger partial charge in [0.2, 0.25) is 0 Å². The van der Waals surface area contributed by atoms with Crippen LogP contribution in [0.1, 0.15) is 38.3 Å². The Hall–Kier alpha value is -1.51. The van der Waals surface area contributed by atoms with Gasteiger partial charge in [-0.15, -0.1) is 0 Å². The molecule has 0 atom stereocenters. The Labute approximate surface area is 138 Å². The molecular formula is C19H24ClNO. The third-order valence-corrected chi connectivity index (χ3v) is 4.17. The molecular weight excluding hydrogens is 294 g/mol. The van der Waals surface area contributed by atoms with Crippen molar-refractivity contribution in [3.63, 3.8) is 0 Å². The molecule has 1 N–H and O–H groups in total.